The average Bonchev–Trinajstić information content (AvgIpc) is 1.65. The Labute approximate surface area is 68.9 Å². The molecule has 0 aromatic rings. The first-order valence-electron chi connectivity index (χ1n) is 1.82. The molecule has 0 aliphatic heterocycles. The van der Waals surface area contributed by atoms with Crippen molar-refractivity contribution >= 4 is 5.91 Å². The SMILES string of the molecule is C[CH-]C(=O)NC.[Y+3]. The van der Waals surface area contributed by atoms with E-state index in [4.69, 9.17) is 0 Å². The summed E-state index contributed by atoms with van der Waals surface area (Å²) in [4.78, 5) is 10.0. The van der Waals surface area contributed by atoms with Gasteiger partial charge in [-0.25, -0.2) is 0 Å². The zero-order valence-corrected chi connectivity index (χ0v) is 7.40. The molecule has 0 aliphatic rings. The van der Waals surface area contributed by atoms with Crippen LogP contribution in [0.25, 0.3) is 0 Å². The van der Waals surface area contributed by atoms with E-state index in [0.717, 1.165) is 0 Å². The van der Waals surface area contributed by atoms with Crippen molar-refractivity contribution in [2.24, 2.45) is 0 Å². The second-order valence-corrected chi connectivity index (χ2v) is 0.903. The van der Waals surface area contributed by atoms with Crippen LogP contribution in [-0.2, 0) is 37.5 Å². The third-order valence-electron chi connectivity index (χ3n) is 0.509. The second-order valence-electron chi connectivity index (χ2n) is 0.903. The Hall–Kier alpha value is 0.444. The van der Waals surface area contributed by atoms with Gasteiger partial charge in [0.2, 0.25) is 0 Å². The summed E-state index contributed by atoms with van der Waals surface area (Å²) in [6.45, 7) is 1.69. The van der Waals surface area contributed by atoms with Crippen molar-refractivity contribution in [2.75, 3.05) is 7.05 Å². The van der Waals surface area contributed by atoms with Crippen LogP contribution in [0.15, 0.2) is 0 Å². The number of nitrogens with one attached hydrogen (secondary N) is 1. The first-order chi connectivity index (χ1) is 2.81. The van der Waals surface area contributed by atoms with Crippen LogP contribution in [-0.4, -0.2) is 13.0 Å². The number of hydrogen-bond acceptors (Lipinski definition) is 1. The molecule has 36 valence electrons. The second kappa shape index (κ2) is 6.44. The molecule has 0 atom stereocenters. The van der Waals surface area contributed by atoms with Gasteiger partial charge in [-0.3, -0.25) is 0 Å². The predicted octanol–water partition coefficient (Wildman–Crippen LogP) is -0.0459. The van der Waals surface area contributed by atoms with Crippen molar-refractivity contribution in [3.8, 4) is 0 Å². The predicted molar refractivity (Wildman–Crippen MR) is 24.0 cm³/mol. The van der Waals surface area contributed by atoms with E-state index >= 15 is 0 Å². The summed E-state index contributed by atoms with van der Waals surface area (Å²) in [6.07, 6.45) is 1.47. The van der Waals surface area contributed by atoms with E-state index in [-0.39, 0.29) is 38.6 Å². The van der Waals surface area contributed by atoms with Crippen molar-refractivity contribution in [2.45, 2.75) is 6.92 Å². The third kappa shape index (κ3) is 6.44. The minimum Gasteiger partial charge on any atom is -0.384 e. The van der Waals surface area contributed by atoms with Crippen LogP contribution in [0.3, 0.4) is 0 Å². The molecule has 0 saturated heterocycles. The van der Waals surface area contributed by atoms with Crippen LogP contribution in [0.4, 0.5) is 0 Å². The average molecular weight is 175 g/mol. The molecular formula is C4H8NOY+2. The molecule has 0 heterocycles. The topological polar surface area (TPSA) is 29.1 Å². The third-order valence-corrected chi connectivity index (χ3v) is 0.509. The van der Waals surface area contributed by atoms with Gasteiger partial charge in [0, 0.05) is 7.05 Å². The molecule has 0 fully saturated rings. The zero-order chi connectivity index (χ0) is 4.99. The Balaban J connectivity index is 0. The number of rotatable bonds is 1. The minimum absolute atomic E-state index is 0. The van der Waals surface area contributed by atoms with Gasteiger partial charge in [0.25, 0.3) is 0 Å². The Morgan fingerprint density at radius 3 is 2.14 bits per heavy atom. The van der Waals surface area contributed by atoms with Gasteiger partial charge in [-0.15, -0.1) is 0 Å². The van der Waals surface area contributed by atoms with Crippen molar-refractivity contribution in [1.29, 1.82) is 0 Å². The van der Waals surface area contributed by atoms with Crippen LogP contribution >= 0.6 is 0 Å². The number of carbonyl (C=O) groups is 1. The molecule has 7 heavy (non-hydrogen) atoms. The number of hydrogen-bond donors (Lipinski definition) is 1. The molecule has 0 radical (unpaired) electrons. The zero-order valence-electron chi connectivity index (χ0n) is 4.56. The van der Waals surface area contributed by atoms with Gasteiger partial charge in [0.1, 0.15) is 0 Å². The summed E-state index contributed by atoms with van der Waals surface area (Å²) in [6, 6.07) is 0. The molecule has 1 N–H and O–H groups in total. The first kappa shape index (κ1) is 10.4. The van der Waals surface area contributed by atoms with Crippen molar-refractivity contribution in [1.82, 2.24) is 5.32 Å². The van der Waals surface area contributed by atoms with Crippen molar-refractivity contribution in [3.63, 3.8) is 0 Å². The summed E-state index contributed by atoms with van der Waals surface area (Å²) in [7, 11) is 1.60. The maximum atomic E-state index is 10.0. The molecule has 1 amide bonds. The molecule has 2 nitrogen and oxygen atoms in total. The van der Waals surface area contributed by atoms with Crippen molar-refractivity contribution in [3.05, 3.63) is 6.42 Å². The molecule has 0 spiro atoms. The van der Waals surface area contributed by atoms with E-state index in [1.807, 2.05) is 0 Å². The molecule has 0 aromatic carbocycles. The molecule has 0 aromatic heterocycles. The Kier molecular flexibility index (Phi) is 9.60. The smallest absolute Gasteiger partial charge is 0.384 e. The Bertz CT molecular complexity index is 49.7. The molecular weight excluding hydrogens is 167 g/mol. The quantitative estimate of drug-likeness (QED) is 0.556. The van der Waals surface area contributed by atoms with Gasteiger partial charge in [-0.05, 0) is 0 Å². The molecule has 3 heteroatoms. The van der Waals surface area contributed by atoms with E-state index in [1.54, 1.807) is 14.0 Å². The summed E-state index contributed by atoms with van der Waals surface area (Å²) in [5.41, 5.74) is 0. The first-order valence-corrected chi connectivity index (χ1v) is 1.82. The maximum Gasteiger partial charge on any atom is 3.00 e. The standard InChI is InChI=1S/C4H8NO.Y/c1-3-4(6)5-2;/h3H,1-2H3,(H,5,6);/q-1;+3. The minimum atomic E-state index is -0.0324. The molecule has 0 aliphatic carbocycles. The van der Waals surface area contributed by atoms with E-state index in [9.17, 15) is 4.79 Å². The normalized spacial score (nSPS) is 6.00. The molecule has 0 rings (SSSR count). The maximum absolute atomic E-state index is 10.0. The number of amides is 1. The fourth-order valence-electron chi connectivity index (χ4n) is 0.144. The largest absolute Gasteiger partial charge is 3.00 e. The van der Waals surface area contributed by atoms with Gasteiger partial charge in [-0.2, -0.15) is 6.92 Å². The van der Waals surface area contributed by atoms with Crippen LogP contribution in [0, 0.1) is 6.42 Å². The molecule has 0 saturated carbocycles. The van der Waals surface area contributed by atoms with Crippen LogP contribution in [0.5, 0.6) is 0 Å². The summed E-state index contributed by atoms with van der Waals surface area (Å²) >= 11 is 0. The Morgan fingerprint density at radius 1 is 1.71 bits per heavy atom. The fourth-order valence-corrected chi connectivity index (χ4v) is 0.144. The van der Waals surface area contributed by atoms with E-state index in [0.29, 0.717) is 0 Å². The van der Waals surface area contributed by atoms with E-state index < -0.39 is 0 Å². The van der Waals surface area contributed by atoms with Gasteiger partial charge >= 0.3 is 32.7 Å². The summed E-state index contributed by atoms with van der Waals surface area (Å²) in [5.74, 6) is -0.0324. The van der Waals surface area contributed by atoms with Crippen LogP contribution in [0.1, 0.15) is 6.92 Å². The van der Waals surface area contributed by atoms with Crippen molar-refractivity contribution < 1.29 is 37.5 Å². The van der Waals surface area contributed by atoms with E-state index in [2.05, 4.69) is 5.32 Å². The van der Waals surface area contributed by atoms with Crippen LogP contribution < -0.4 is 5.32 Å². The summed E-state index contributed by atoms with van der Waals surface area (Å²) < 4.78 is 0. The molecule has 0 bridgehead atoms. The van der Waals surface area contributed by atoms with E-state index in [1.165, 1.54) is 6.42 Å². The van der Waals surface area contributed by atoms with Crippen LogP contribution in [0.2, 0.25) is 0 Å². The summed E-state index contributed by atoms with van der Waals surface area (Å²) in [5, 5.41) is 2.42. The Morgan fingerprint density at radius 2 is 2.14 bits per heavy atom. The van der Waals surface area contributed by atoms with Gasteiger partial charge in [0.05, 0.1) is 5.91 Å². The fraction of sp³-hybridized carbons (Fsp3) is 0.500. The monoisotopic (exact) mass is 175 g/mol. The molecule has 0 unspecified atom stereocenters. The number of carbonyl (C=O) groups excluding carboxylic acids is 1. The van der Waals surface area contributed by atoms with Gasteiger partial charge < -0.3 is 16.5 Å². The van der Waals surface area contributed by atoms with Gasteiger partial charge in [-0.1, -0.05) is 0 Å². The van der Waals surface area contributed by atoms with Gasteiger partial charge in [0.15, 0.2) is 0 Å².